The Morgan fingerprint density at radius 1 is 1.36 bits per heavy atom. The molecule has 0 radical (unpaired) electrons. The second kappa shape index (κ2) is 7.06. The van der Waals surface area contributed by atoms with Crippen LogP contribution in [0.3, 0.4) is 0 Å². The molecule has 7 heteroatoms. The Kier molecular flexibility index (Phi) is 4.85. The molecule has 3 unspecified atom stereocenters. The van der Waals surface area contributed by atoms with Gasteiger partial charge in [0.2, 0.25) is 11.8 Å². The summed E-state index contributed by atoms with van der Waals surface area (Å²) in [5.74, 6) is -1.70. The number of aliphatic hydroxyl groups is 1. The lowest BCUT2D eigenvalue weighted by Gasteiger charge is -2.18. The molecule has 7 nitrogen and oxygen atoms in total. The summed E-state index contributed by atoms with van der Waals surface area (Å²) in [6.45, 7) is 4.01. The molecule has 132 valence electrons. The molecule has 25 heavy (non-hydrogen) atoms. The Bertz CT molecular complexity index is 740. The minimum absolute atomic E-state index is 0.316. The van der Waals surface area contributed by atoms with Crippen LogP contribution in [0.25, 0.3) is 5.69 Å². The minimum atomic E-state index is -1.09. The largest absolute Gasteiger partial charge is 0.390 e. The third-order valence-corrected chi connectivity index (χ3v) is 4.28. The second-order valence-electron chi connectivity index (χ2n) is 6.70. The summed E-state index contributed by atoms with van der Waals surface area (Å²) in [5, 5.41) is 19.9. The molecule has 1 aliphatic rings. The summed E-state index contributed by atoms with van der Waals surface area (Å²) in [5.41, 5.74) is 1.42. The molecule has 1 aromatic carbocycles. The summed E-state index contributed by atoms with van der Waals surface area (Å²) in [7, 11) is 0. The first-order chi connectivity index (χ1) is 12.0. The molecule has 2 amide bonds. The minimum Gasteiger partial charge on any atom is -0.390 e. The van der Waals surface area contributed by atoms with Crippen LogP contribution in [0.5, 0.6) is 0 Å². The average molecular weight is 342 g/mol. The summed E-state index contributed by atoms with van der Waals surface area (Å²) in [6, 6.07) is 8.54. The van der Waals surface area contributed by atoms with E-state index in [-0.39, 0.29) is 6.04 Å². The number of nitrogens with zero attached hydrogens (tertiary/aromatic N) is 2. The number of amides is 2. The molecular formula is C18H22N4O3. The molecule has 3 rings (SSSR count). The van der Waals surface area contributed by atoms with Crippen LogP contribution in [0.15, 0.2) is 42.7 Å². The third kappa shape index (κ3) is 3.71. The zero-order valence-electron chi connectivity index (χ0n) is 14.2. The summed E-state index contributed by atoms with van der Waals surface area (Å²) >= 11 is 0. The van der Waals surface area contributed by atoms with Crippen LogP contribution < -0.4 is 10.6 Å². The maximum Gasteiger partial charge on any atom is 0.239 e. The van der Waals surface area contributed by atoms with Gasteiger partial charge in [-0.25, -0.2) is 4.68 Å². The number of anilines is 1. The molecular weight excluding hydrogens is 320 g/mol. The molecule has 0 aliphatic carbocycles. The number of rotatable bonds is 5. The SMILES string of the molecule is CC(C)CC1NC(=O)C(C(=O)Nc2ccc(-n3cccn3)cc2)C1O. The first-order valence-corrected chi connectivity index (χ1v) is 8.35. The van der Waals surface area contributed by atoms with Gasteiger partial charge in [-0.3, -0.25) is 9.59 Å². The van der Waals surface area contributed by atoms with E-state index in [1.165, 1.54) is 0 Å². The van der Waals surface area contributed by atoms with E-state index in [0.717, 1.165) is 5.69 Å². The molecule has 2 aromatic rings. The third-order valence-electron chi connectivity index (χ3n) is 4.28. The van der Waals surface area contributed by atoms with Gasteiger partial charge in [-0.2, -0.15) is 5.10 Å². The highest BCUT2D eigenvalue weighted by Crippen LogP contribution is 2.23. The summed E-state index contributed by atoms with van der Waals surface area (Å²) in [4.78, 5) is 24.5. The zero-order chi connectivity index (χ0) is 18.0. The molecule has 0 saturated carbocycles. The van der Waals surface area contributed by atoms with Crippen molar-refractivity contribution in [2.24, 2.45) is 11.8 Å². The number of aromatic nitrogens is 2. The summed E-state index contributed by atoms with van der Waals surface area (Å²) < 4.78 is 1.70. The van der Waals surface area contributed by atoms with Crippen molar-refractivity contribution in [2.75, 3.05) is 5.32 Å². The Labute approximate surface area is 146 Å². The van der Waals surface area contributed by atoms with Gasteiger partial charge >= 0.3 is 0 Å². The van der Waals surface area contributed by atoms with Crippen LogP contribution in [0, 0.1) is 11.8 Å². The van der Waals surface area contributed by atoms with Gasteiger partial charge < -0.3 is 15.7 Å². The number of nitrogens with one attached hydrogen (secondary N) is 2. The molecule has 0 bridgehead atoms. The van der Waals surface area contributed by atoms with Crippen molar-refractivity contribution in [3.05, 3.63) is 42.7 Å². The maximum atomic E-state index is 12.4. The quantitative estimate of drug-likeness (QED) is 0.714. The highest BCUT2D eigenvalue weighted by atomic mass is 16.3. The van der Waals surface area contributed by atoms with Gasteiger partial charge in [0.05, 0.1) is 17.8 Å². The van der Waals surface area contributed by atoms with Crippen molar-refractivity contribution in [3.63, 3.8) is 0 Å². The molecule has 3 atom stereocenters. The van der Waals surface area contributed by atoms with Gasteiger partial charge in [0.25, 0.3) is 0 Å². The van der Waals surface area contributed by atoms with E-state index in [1.807, 2.05) is 38.2 Å². The Hall–Kier alpha value is -2.67. The van der Waals surface area contributed by atoms with Crippen molar-refractivity contribution in [3.8, 4) is 5.69 Å². The lowest BCUT2D eigenvalue weighted by molar-refractivity contribution is -0.132. The van der Waals surface area contributed by atoms with Crippen molar-refractivity contribution in [2.45, 2.75) is 32.4 Å². The Morgan fingerprint density at radius 3 is 2.68 bits per heavy atom. The normalized spacial score (nSPS) is 22.9. The predicted octanol–water partition coefficient (Wildman–Crippen LogP) is 1.33. The molecule has 1 fully saturated rings. The number of hydrogen-bond donors (Lipinski definition) is 3. The van der Waals surface area contributed by atoms with Crippen molar-refractivity contribution < 1.29 is 14.7 Å². The Morgan fingerprint density at radius 2 is 2.08 bits per heavy atom. The first-order valence-electron chi connectivity index (χ1n) is 8.35. The molecule has 3 N–H and O–H groups in total. The smallest absolute Gasteiger partial charge is 0.239 e. The molecule has 1 saturated heterocycles. The van der Waals surface area contributed by atoms with E-state index in [1.54, 1.807) is 23.0 Å². The molecule has 0 spiro atoms. The molecule has 1 aromatic heterocycles. The summed E-state index contributed by atoms with van der Waals surface area (Å²) in [6.07, 6.45) is 3.12. The van der Waals surface area contributed by atoms with Crippen LogP contribution in [0.1, 0.15) is 20.3 Å². The lowest BCUT2D eigenvalue weighted by atomic mass is 9.94. The molecule has 2 heterocycles. The van der Waals surface area contributed by atoms with Crippen LogP contribution in [0.2, 0.25) is 0 Å². The number of carbonyl (C=O) groups is 2. The van der Waals surface area contributed by atoms with Crippen molar-refractivity contribution >= 4 is 17.5 Å². The highest BCUT2D eigenvalue weighted by molar-refractivity contribution is 6.08. The van der Waals surface area contributed by atoms with E-state index in [9.17, 15) is 14.7 Å². The number of benzene rings is 1. The van der Waals surface area contributed by atoms with Crippen LogP contribution in [-0.2, 0) is 9.59 Å². The second-order valence-corrected chi connectivity index (χ2v) is 6.70. The van der Waals surface area contributed by atoms with E-state index < -0.39 is 23.8 Å². The van der Waals surface area contributed by atoms with Gasteiger partial charge in [0, 0.05) is 18.1 Å². The predicted molar refractivity (Wildman–Crippen MR) is 93.1 cm³/mol. The van der Waals surface area contributed by atoms with Crippen molar-refractivity contribution in [1.29, 1.82) is 0 Å². The fourth-order valence-electron chi connectivity index (χ4n) is 3.06. The van der Waals surface area contributed by atoms with Crippen LogP contribution in [0.4, 0.5) is 5.69 Å². The van der Waals surface area contributed by atoms with E-state index >= 15 is 0 Å². The monoisotopic (exact) mass is 342 g/mol. The van der Waals surface area contributed by atoms with Gasteiger partial charge in [-0.05, 0) is 42.7 Å². The Balaban J connectivity index is 1.66. The van der Waals surface area contributed by atoms with Gasteiger partial charge in [-0.1, -0.05) is 13.8 Å². The van der Waals surface area contributed by atoms with Crippen molar-refractivity contribution in [1.82, 2.24) is 15.1 Å². The number of carbonyl (C=O) groups excluding carboxylic acids is 2. The average Bonchev–Trinajstić information content (AvgIpc) is 3.17. The van der Waals surface area contributed by atoms with E-state index in [4.69, 9.17) is 0 Å². The first kappa shape index (κ1) is 17.2. The molecule has 1 aliphatic heterocycles. The maximum absolute atomic E-state index is 12.4. The van der Waals surface area contributed by atoms with Crippen LogP contribution >= 0.6 is 0 Å². The zero-order valence-corrected chi connectivity index (χ0v) is 14.2. The fourth-order valence-corrected chi connectivity index (χ4v) is 3.06. The standard InChI is InChI=1S/C18H22N4O3/c1-11(2)10-14-16(23)15(18(25)21-14)17(24)20-12-4-6-13(7-5-12)22-9-3-8-19-22/h3-9,11,14-16,23H,10H2,1-2H3,(H,20,24)(H,21,25). The van der Waals surface area contributed by atoms with Crippen LogP contribution in [-0.4, -0.2) is 38.8 Å². The fraction of sp³-hybridized carbons (Fsp3) is 0.389. The highest BCUT2D eigenvalue weighted by Gasteiger charge is 2.45. The van der Waals surface area contributed by atoms with E-state index in [0.29, 0.717) is 18.0 Å². The number of aliphatic hydroxyl groups excluding tert-OH is 1. The van der Waals surface area contributed by atoms with Gasteiger partial charge in [0.15, 0.2) is 0 Å². The number of hydrogen-bond acceptors (Lipinski definition) is 4. The van der Waals surface area contributed by atoms with Gasteiger partial charge in [0.1, 0.15) is 5.92 Å². The topological polar surface area (TPSA) is 96.3 Å². The van der Waals surface area contributed by atoms with E-state index in [2.05, 4.69) is 15.7 Å². The lowest BCUT2D eigenvalue weighted by Crippen LogP contribution is -2.36. The van der Waals surface area contributed by atoms with Gasteiger partial charge in [-0.15, -0.1) is 0 Å².